The van der Waals surface area contributed by atoms with Gasteiger partial charge in [-0.3, -0.25) is 0 Å². The predicted octanol–water partition coefficient (Wildman–Crippen LogP) is 14.6. The Hall–Kier alpha value is -7.30. The Morgan fingerprint density at radius 3 is 1.96 bits per heavy atom. The maximum absolute atomic E-state index is 6.93. The molecular weight excluding hydrogens is 685 g/mol. The van der Waals surface area contributed by atoms with Gasteiger partial charge in [-0.05, 0) is 78.9 Å². The average molecular weight is 719 g/mol. The van der Waals surface area contributed by atoms with E-state index in [1.54, 1.807) is 0 Å². The first-order valence-corrected chi connectivity index (χ1v) is 19.3. The number of benzene rings is 8. The van der Waals surface area contributed by atoms with Gasteiger partial charge in [0.2, 0.25) is 0 Å². The monoisotopic (exact) mass is 718 g/mol. The SMILES string of the molecule is C1=CC(c2cccc3c2oc2c4ccccc4ccc32)=C(N(c2ccc(-n3c4ccccc4c4ccccc43)cc2)c2cccc3oc4ccccc4c23)CC1. The number of allylic oxidation sites excluding steroid dienone is 4. The molecule has 0 spiro atoms. The summed E-state index contributed by atoms with van der Waals surface area (Å²) in [6.07, 6.45) is 6.38. The fourth-order valence-electron chi connectivity index (χ4n) is 9.20. The van der Waals surface area contributed by atoms with E-state index in [9.17, 15) is 0 Å². The van der Waals surface area contributed by atoms with Gasteiger partial charge in [0.15, 0.2) is 0 Å². The van der Waals surface area contributed by atoms with Crippen molar-refractivity contribution in [3.05, 3.63) is 193 Å². The maximum atomic E-state index is 6.93. The highest BCUT2D eigenvalue weighted by atomic mass is 16.3. The summed E-state index contributed by atoms with van der Waals surface area (Å²) in [5.74, 6) is 0. The van der Waals surface area contributed by atoms with Crippen LogP contribution in [0.5, 0.6) is 0 Å². The number of rotatable bonds is 5. The summed E-state index contributed by atoms with van der Waals surface area (Å²) in [6, 6.07) is 60.7. The maximum Gasteiger partial charge on any atom is 0.143 e. The molecule has 1 aliphatic carbocycles. The van der Waals surface area contributed by atoms with Crippen LogP contribution in [0.25, 0.3) is 87.7 Å². The Labute approximate surface area is 322 Å². The molecule has 1 aliphatic rings. The normalized spacial score (nSPS) is 13.4. The molecule has 0 unspecified atom stereocenters. The van der Waals surface area contributed by atoms with Crippen molar-refractivity contribution in [2.75, 3.05) is 4.90 Å². The van der Waals surface area contributed by atoms with E-state index in [4.69, 9.17) is 8.83 Å². The highest BCUT2D eigenvalue weighted by Gasteiger charge is 2.26. The number of furan rings is 2. The van der Waals surface area contributed by atoms with Gasteiger partial charge in [0.25, 0.3) is 0 Å². The van der Waals surface area contributed by atoms with Gasteiger partial charge in [-0.15, -0.1) is 0 Å². The molecule has 0 aliphatic heterocycles. The zero-order valence-electron chi connectivity index (χ0n) is 30.4. The van der Waals surface area contributed by atoms with Crippen LogP contribution in [-0.2, 0) is 0 Å². The molecule has 3 heterocycles. The zero-order chi connectivity index (χ0) is 36.7. The van der Waals surface area contributed by atoms with Gasteiger partial charge < -0.3 is 18.3 Å². The van der Waals surface area contributed by atoms with E-state index in [0.717, 1.165) is 90.3 Å². The number of anilines is 2. The lowest BCUT2D eigenvalue weighted by Crippen LogP contribution is -2.19. The van der Waals surface area contributed by atoms with Crippen LogP contribution in [0.2, 0.25) is 0 Å². The number of nitrogens with zero attached hydrogens (tertiary/aromatic N) is 2. The van der Waals surface area contributed by atoms with Gasteiger partial charge in [-0.25, -0.2) is 0 Å². The lowest BCUT2D eigenvalue weighted by Gasteiger charge is -2.32. The molecule has 0 amide bonds. The number of hydrogen-bond donors (Lipinski definition) is 0. The first kappa shape index (κ1) is 31.1. The van der Waals surface area contributed by atoms with E-state index in [1.165, 1.54) is 32.9 Å². The van der Waals surface area contributed by atoms with Gasteiger partial charge in [0.1, 0.15) is 22.3 Å². The molecule has 0 saturated carbocycles. The van der Waals surface area contributed by atoms with Crippen LogP contribution in [0.3, 0.4) is 0 Å². The van der Waals surface area contributed by atoms with Crippen molar-refractivity contribution in [3.8, 4) is 5.69 Å². The van der Waals surface area contributed by atoms with Crippen molar-refractivity contribution in [3.63, 3.8) is 0 Å². The summed E-state index contributed by atoms with van der Waals surface area (Å²) in [6.45, 7) is 0. The summed E-state index contributed by atoms with van der Waals surface area (Å²) in [5, 5.41) is 9.27. The quantitative estimate of drug-likeness (QED) is 0.178. The van der Waals surface area contributed by atoms with Crippen LogP contribution in [0.1, 0.15) is 18.4 Å². The minimum atomic E-state index is 0.853. The zero-order valence-corrected chi connectivity index (χ0v) is 30.4. The molecule has 0 N–H and O–H groups in total. The highest BCUT2D eigenvalue weighted by molar-refractivity contribution is 6.17. The summed E-state index contributed by atoms with van der Waals surface area (Å²) in [4.78, 5) is 2.47. The summed E-state index contributed by atoms with van der Waals surface area (Å²) in [7, 11) is 0. The third kappa shape index (κ3) is 4.53. The van der Waals surface area contributed by atoms with Crippen molar-refractivity contribution < 1.29 is 8.83 Å². The smallest absolute Gasteiger partial charge is 0.143 e. The Bertz CT molecular complexity index is 3370. The van der Waals surface area contributed by atoms with Crippen molar-refractivity contribution in [2.24, 2.45) is 0 Å². The molecule has 0 saturated heterocycles. The Morgan fingerprint density at radius 1 is 0.482 bits per heavy atom. The minimum Gasteiger partial charge on any atom is -0.456 e. The number of hydrogen-bond acceptors (Lipinski definition) is 3. The second kappa shape index (κ2) is 12.1. The number of fused-ring (bicyclic) bond motifs is 11. The second-order valence-electron chi connectivity index (χ2n) is 14.7. The van der Waals surface area contributed by atoms with Crippen LogP contribution >= 0.6 is 0 Å². The first-order chi connectivity index (χ1) is 27.8. The third-order valence-electron chi connectivity index (χ3n) is 11.7. The highest BCUT2D eigenvalue weighted by Crippen LogP contribution is 2.46. The van der Waals surface area contributed by atoms with Crippen LogP contribution in [0.4, 0.5) is 11.4 Å². The van der Waals surface area contributed by atoms with E-state index < -0.39 is 0 Å². The lowest BCUT2D eigenvalue weighted by atomic mass is 9.93. The molecule has 0 radical (unpaired) electrons. The number of aromatic nitrogens is 1. The minimum absolute atomic E-state index is 0.853. The average Bonchev–Trinajstić information content (AvgIpc) is 3.95. The Morgan fingerprint density at radius 2 is 1.14 bits per heavy atom. The topological polar surface area (TPSA) is 34.5 Å². The van der Waals surface area contributed by atoms with Crippen LogP contribution in [0, 0.1) is 0 Å². The largest absolute Gasteiger partial charge is 0.456 e. The van der Waals surface area contributed by atoms with E-state index >= 15 is 0 Å². The molecule has 264 valence electrons. The molecule has 0 bridgehead atoms. The number of para-hydroxylation sites is 4. The van der Waals surface area contributed by atoms with Crippen LogP contribution in [-0.4, -0.2) is 4.57 Å². The van der Waals surface area contributed by atoms with Crippen molar-refractivity contribution >= 4 is 93.4 Å². The van der Waals surface area contributed by atoms with Gasteiger partial charge >= 0.3 is 0 Å². The van der Waals surface area contributed by atoms with Crippen molar-refractivity contribution in [1.29, 1.82) is 0 Å². The van der Waals surface area contributed by atoms with Gasteiger partial charge in [-0.1, -0.05) is 121 Å². The summed E-state index contributed by atoms with van der Waals surface area (Å²) >= 11 is 0. The molecule has 12 rings (SSSR count). The summed E-state index contributed by atoms with van der Waals surface area (Å²) in [5.41, 5.74) is 12.7. The molecule has 3 aromatic heterocycles. The standard InChI is InChI=1S/C52H34N2O2/c1-2-14-36-33(13-1)27-32-42-41-20-11-19-40(52(41)56-51(36)42)39-17-5-9-23-46(39)54(47-24-12-26-49-50(47)43-18-6-10-25-48(43)55-49)35-30-28-34(29-31-35)53-44-21-7-3-15-37(44)38-16-4-8-22-45(38)53/h1-8,10-22,24-32H,9,23H2. The van der Waals surface area contributed by atoms with E-state index in [-0.39, 0.29) is 0 Å². The molecule has 4 nitrogen and oxygen atoms in total. The Balaban J connectivity index is 1.11. The van der Waals surface area contributed by atoms with Gasteiger partial charge in [0.05, 0.1) is 22.1 Å². The van der Waals surface area contributed by atoms with Crippen LogP contribution in [0.15, 0.2) is 197 Å². The fraction of sp³-hybridized carbons (Fsp3) is 0.0385. The van der Waals surface area contributed by atoms with Crippen molar-refractivity contribution in [1.82, 2.24) is 4.57 Å². The summed E-state index contributed by atoms with van der Waals surface area (Å²) < 4.78 is 15.8. The van der Waals surface area contributed by atoms with Crippen molar-refractivity contribution in [2.45, 2.75) is 12.8 Å². The second-order valence-corrected chi connectivity index (χ2v) is 14.7. The molecule has 0 atom stereocenters. The van der Waals surface area contributed by atoms with Crippen LogP contribution < -0.4 is 4.90 Å². The Kier molecular flexibility index (Phi) is 6.72. The van der Waals surface area contributed by atoms with E-state index in [0.29, 0.717) is 0 Å². The molecule has 56 heavy (non-hydrogen) atoms. The fourth-order valence-corrected chi connectivity index (χ4v) is 9.20. The first-order valence-electron chi connectivity index (χ1n) is 19.3. The molecule has 0 fully saturated rings. The molecule has 11 aromatic rings. The molecular formula is C52H34N2O2. The van der Waals surface area contributed by atoms with E-state index in [1.807, 2.05) is 6.07 Å². The molecule has 8 aromatic carbocycles. The van der Waals surface area contributed by atoms with E-state index in [2.05, 4.69) is 185 Å². The third-order valence-corrected chi connectivity index (χ3v) is 11.7. The van der Waals surface area contributed by atoms with Gasteiger partial charge in [0, 0.05) is 60.5 Å². The predicted molar refractivity (Wildman–Crippen MR) is 233 cm³/mol. The molecule has 4 heteroatoms. The lowest BCUT2D eigenvalue weighted by molar-refractivity contribution is 0.669. The van der Waals surface area contributed by atoms with Gasteiger partial charge in [-0.2, -0.15) is 0 Å².